The van der Waals surface area contributed by atoms with Gasteiger partial charge in [0.25, 0.3) is 11.7 Å². The highest BCUT2D eigenvalue weighted by atomic mass is 79.9. The Kier molecular flexibility index (Phi) is 5.49. The molecule has 1 unspecified atom stereocenters. The van der Waals surface area contributed by atoms with Crippen LogP contribution in [0.4, 0.5) is 5.69 Å². The van der Waals surface area contributed by atoms with Crippen molar-refractivity contribution in [2.45, 2.75) is 13.0 Å². The fraction of sp³-hybridized carbons (Fsp3) is 0.130. The van der Waals surface area contributed by atoms with E-state index in [4.69, 9.17) is 4.74 Å². The average Bonchev–Trinajstić information content (AvgIpc) is 3.34. The van der Waals surface area contributed by atoms with Gasteiger partial charge in [0.15, 0.2) is 0 Å². The van der Waals surface area contributed by atoms with Gasteiger partial charge in [0.2, 0.25) is 0 Å². The number of carbonyl (C=O) groups excluding carboxylic acids is 2. The van der Waals surface area contributed by atoms with Crippen LogP contribution in [-0.4, -0.2) is 23.9 Å². The molecule has 0 radical (unpaired) electrons. The van der Waals surface area contributed by atoms with Crippen LogP contribution in [0, 0.1) is 6.92 Å². The van der Waals surface area contributed by atoms with E-state index in [1.54, 1.807) is 31.4 Å². The molecule has 1 N–H and O–H groups in total. The van der Waals surface area contributed by atoms with Gasteiger partial charge >= 0.3 is 0 Å². The summed E-state index contributed by atoms with van der Waals surface area (Å²) in [6.07, 6.45) is 0. The summed E-state index contributed by atoms with van der Waals surface area (Å²) in [7, 11) is 1.55. The molecule has 7 heteroatoms. The third-order valence-electron chi connectivity index (χ3n) is 4.96. The smallest absolute Gasteiger partial charge is 0.300 e. The lowest BCUT2D eigenvalue weighted by Gasteiger charge is -2.24. The highest BCUT2D eigenvalue weighted by Crippen LogP contribution is 2.44. The van der Waals surface area contributed by atoms with Crippen LogP contribution in [0.15, 0.2) is 70.0 Å². The molecule has 0 aliphatic carbocycles. The number of anilines is 1. The minimum absolute atomic E-state index is 0.0704. The van der Waals surface area contributed by atoms with Gasteiger partial charge in [-0.25, -0.2) is 0 Å². The number of Topliss-reactive ketones (excluding diaryl/α,β-unsaturated/α-hetero) is 1. The van der Waals surface area contributed by atoms with E-state index in [1.165, 1.54) is 16.2 Å². The number of aryl methyl sites for hydroxylation is 1. The Bertz CT molecular complexity index is 1170. The molecule has 1 aliphatic rings. The first-order valence-corrected chi connectivity index (χ1v) is 10.8. The summed E-state index contributed by atoms with van der Waals surface area (Å²) in [6, 6.07) is 15.5. The molecule has 1 amide bonds. The van der Waals surface area contributed by atoms with Gasteiger partial charge in [0, 0.05) is 16.1 Å². The minimum atomic E-state index is -0.709. The third kappa shape index (κ3) is 3.44. The number of hydrogen-bond donors (Lipinski definition) is 1. The molecule has 0 bridgehead atoms. The lowest BCUT2D eigenvalue weighted by molar-refractivity contribution is -0.132. The topological polar surface area (TPSA) is 66.8 Å². The van der Waals surface area contributed by atoms with E-state index < -0.39 is 17.7 Å². The van der Waals surface area contributed by atoms with Gasteiger partial charge in [0.1, 0.15) is 17.6 Å². The number of aliphatic hydroxyl groups is 1. The van der Waals surface area contributed by atoms with Crippen LogP contribution in [0.5, 0.6) is 5.75 Å². The number of methoxy groups -OCH3 is 1. The first-order valence-electron chi connectivity index (χ1n) is 9.17. The number of rotatable bonds is 4. The maximum atomic E-state index is 13.1. The van der Waals surface area contributed by atoms with E-state index in [-0.39, 0.29) is 11.3 Å². The maximum absolute atomic E-state index is 13.1. The Labute approximate surface area is 186 Å². The van der Waals surface area contributed by atoms with Gasteiger partial charge in [-0.2, -0.15) is 0 Å². The predicted octanol–water partition coefficient (Wildman–Crippen LogP) is 5.45. The quantitative estimate of drug-likeness (QED) is 0.304. The monoisotopic (exact) mass is 483 g/mol. The van der Waals surface area contributed by atoms with Crippen molar-refractivity contribution in [2.24, 2.45) is 0 Å². The number of nitrogens with zero attached hydrogens (tertiary/aromatic N) is 1. The summed E-state index contributed by atoms with van der Waals surface area (Å²) in [5.41, 5.74) is 2.08. The molecule has 2 heterocycles. The van der Waals surface area contributed by atoms with Crippen LogP contribution in [0.25, 0.3) is 5.76 Å². The van der Waals surface area contributed by atoms with E-state index >= 15 is 0 Å². The molecule has 1 aliphatic heterocycles. The van der Waals surface area contributed by atoms with E-state index in [0.29, 0.717) is 21.5 Å². The molecular weight excluding hydrogens is 466 g/mol. The third-order valence-corrected chi connectivity index (χ3v) is 6.51. The molecule has 2 aromatic carbocycles. The average molecular weight is 484 g/mol. The van der Waals surface area contributed by atoms with Crippen LogP contribution in [0.3, 0.4) is 0 Å². The van der Waals surface area contributed by atoms with Gasteiger partial charge in [-0.05, 0) is 70.2 Å². The highest BCUT2D eigenvalue weighted by molar-refractivity contribution is 9.10. The number of ether oxygens (including phenoxy) is 1. The summed E-state index contributed by atoms with van der Waals surface area (Å²) in [5, 5.41) is 13.0. The van der Waals surface area contributed by atoms with Gasteiger partial charge in [0.05, 0.1) is 17.2 Å². The van der Waals surface area contributed by atoms with E-state index in [2.05, 4.69) is 15.9 Å². The minimum Gasteiger partial charge on any atom is -0.507 e. The second-order valence-corrected chi connectivity index (χ2v) is 8.71. The van der Waals surface area contributed by atoms with Crippen molar-refractivity contribution >= 4 is 50.4 Å². The van der Waals surface area contributed by atoms with E-state index in [9.17, 15) is 14.7 Å². The Hall–Kier alpha value is -2.90. The molecule has 1 fully saturated rings. The zero-order chi connectivity index (χ0) is 21.4. The number of amides is 1. The molecule has 5 nitrogen and oxygen atoms in total. The van der Waals surface area contributed by atoms with Crippen molar-refractivity contribution in [3.8, 4) is 5.75 Å². The lowest BCUT2D eigenvalue weighted by Crippen LogP contribution is -2.29. The predicted molar refractivity (Wildman–Crippen MR) is 121 cm³/mol. The SMILES string of the molecule is COc1ccc(/C(O)=C2/C(=O)C(=O)N(c3cccc(C)c3)C2c2cccs2)cc1Br. The Balaban J connectivity index is 1.92. The first-order chi connectivity index (χ1) is 14.4. The van der Waals surface area contributed by atoms with Crippen LogP contribution in [0.2, 0.25) is 0 Å². The zero-order valence-electron chi connectivity index (χ0n) is 16.3. The molecule has 0 spiro atoms. The number of halogens is 1. The summed E-state index contributed by atoms with van der Waals surface area (Å²) in [6.45, 7) is 1.93. The van der Waals surface area contributed by atoms with Crippen molar-refractivity contribution in [2.75, 3.05) is 12.0 Å². The molecule has 152 valence electrons. The van der Waals surface area contributed by atoms with Crippen LogP contribution >= 0.6 is 27.3 Å². The standard InChI is InChI=1S/C23H18BrNO4S/c1-13-5-3-6-15(11-13)25-20(18-7-4-10-30-18)19(22(27)23(25)28)21(26)14-8-9-17(29-2)16(24)12-14/h3-12,20,26H,1-2H3/b21-19-. The molecule has 4 rings (SSSR count). The van der Waals surface area contributed by atoms with Crippen LogP contribution < -0.4 is 9.64 Å². The van der Waals surface area contributed by atoms with Crippen LogP contribution in [0.1, 0.15) is 22.0 Å². The van der Waals surface area contributed by atoms with E-state index in [0.717, 1.165) is 10.4 Å². The summed E-state index contributed by atoms with van der Waals surface area (Å²) in [5.74, 6) is -0.987. The summed E-state index contributed by atoms with van der Waals surface area (Å²) >= 11 is 4.83. The number of thiophene rings is 1. The fourth-order valence-corrected chi connectivity index (χ4v) is 4.93. The Morgan fingerprint density at radius 1 is 1.13 bits per heavy atom. The van der Waals surface area contributed by atoms with Crippen LogP contribution in [-0.2, 0) is 9.59 Å². The van der Waals surface area contributed by atoms with Crippen molar-refractivity contribution < 1.29 is 19.4 Å². The number of ketones is 1. The lowest BCUT2D eigenvalue weighted by atomic mass is 9.99. The number of carbonyl (C=O) groups is 2. The largest absolute Gasteiger partial charge is 0.507 e. The second kappa shape index (κ2) is 8.08. The van der Waals surface area contributed by atoms with Gasteiger partial charge in [-0.3, -0.25) is 14.5 Å². The van der Waals surface area contributed by atoms with Crippen molar-refractivity contribution in [3.63, 3.8) is 0 Å². The normalized spacial score (nSPS) is 18.1. The van der Waals surface area contributed by atoms with E-state index in [1.807, 2.05) is 42.6 Å². The molecule has 1 atom stereocenters. The van der Waals surface area contributed by atoms with Gasteiger partial charge in [-0.1, -0.05) is 18.2 Å². The molecule has 1 saturated heterocycles. The molecule has 1 aromatic heterocycles. The summed E-state index contributed by atoms with van der Waals surface area (Å²) in [4.78, 5) is 28.4. The maximum Gasteiger partial charge on any atom is 0.300 e. The molecule has 3 aromatic rings. The Morgan fingerprint density at radius 3 is 2.57 bits per heavy atom. The molecular formula is C23H18BrNO4S. The second-order valence-electron chi connectivity index (χ2n) is 6.87. The molecule has 30 heavy (non-hydrogen) atoms. The van der Waals surface area contributed by atoms with Gasteiger partial charge < -0.3 is 9.84 Å². The Morgan fingerprint density at radius 2 is 1.93 bits per heavy atom. The van der Waals surface area contributed by atoms with Crippen molar-refractivity contribution in [1.82, 2.24) is 0 Å². The number of aliphatic hydroxyl groups excluding tert-OH is 1. The zero-order valence-corrected chi connectivity index (χ0v) is 18.7. The number of hydrogen-bond acceptors (Lipinski definition) is 5. The van der Waals surface area contributed by atoms with Gasteiger partial charge in [-0.15, -0.1) is 11.3 Å². The number of benzene rings is 2. The molecule has 0 saturated carbocycles. The summed E-state index contributed by atoms with van der Waals surface area (Å²) < 4.78 is 5.87. The first kappa shape index (κ1) is 20.4. The van der Waals surface area contributed by atoms with Crippen molar-refractivity contribution in [1.29, 1.82) is 0 Å². The fourth-order valence-electron chi connectivity index (χ4n) is 3.56. The highest BCUT2D eigenvalue weighted by Gasteiger charge is 2.47. The van der Waals surface area contributed by atoms with Crippen molar-refractivity contribution in [3.05, 3.63) is 86.0 Å².